The maximum Gasteiger partial charge on any atom is 0.0700 e. The molecule has 0 amide bonds. The molecule has 0 aromatic heterocycles. The summed E-state index contributed by atoms with van der Waals surface area (Å²) in [7, 11) is 0. The molecule has 2 nitrogen and oxygen atoms in total. The van der Waals surface area contributed by atoms with E-state index in [1.165, 1.54) is 41.3 Å². The van der Waals surface area contributed by atoms with Crippen LogP contribution >= 0.6 is 15.9 Å². The molecule has 0 bridgehead atoms. The van der Waals surface area contributed by atoms with Crippen molar-refractivity contribution >= 4 is 15.9 Å². The van der Waals surface area contributed by atoms with Crippen molar-refractivity contribution in [2.45, 2.75) is 37.8 Å². The smallest absolute Gasteiger partial charge is 0.0700 e. The predicted molar refractivity (Wildman–Crippen MR) is 72.2 cm³/mol. The second-order valence-corrected chi connectivity index (χ2v) is 5.80. The van der Waals surface area contributed by atoms with Gasteiger partial charge in [-0.05, 0) is 42.9 Å². The molecule has 1 aliphatic carbocycles. The van der Waals surface area contributed by atoms with E-state index in [2.05, 4.69) is 39.4 Å². The highest BCUT2D eigenvalue weighted by molar-refractivity contribution is 9.10. The molecule has 0 spiro atoms. The quantitative estimate of drug-likeness (QED) is 0.925. The third-order valence-corrected chi connectivity index (χ3v) is 4.57. The van der Waals surface area contributed by atoms with Crippen LogP contribution in [0.2, 0.25) is 0 Å². The van der Waals surface area contributed by atoms with Crippen LogP contribution in [-0.4, -0.2) is 19.3 Å². The lowest BCUT2D eigenvalue weighted by Crippen LogP contribution is -2.29. The molecule has 2 unspecified atom stereocenters. The van der Waals surface area contributed by atoms with Gasteiger partial charge in [-0.15, -0.1) is 0 Å². The van der Waals surface area contributed by atoms with Gasteiger partial charge in [0.2, 0.25) is 0 Å². The highest BCUT2D eigenvalue weighted by Crippen LogP contribution is 2.35. The zero-order chi connectivity index (χ0) is 11.7. The van der Waals surface area contributed by atoms with Gasteiger partial charge in [0, 0.05) is 23.7 Å². The molecular formula is C14H18BrNO. The largest absolute Gasteiger partial charge is 0.377 e. The molecule has 1 aliphatic heterocycles. The Labute approximate surface area is 111 Å². The number of benzene rings is 1. The van der Waals surface area contributed by atoms with E-state index in [0.29, 0.717) is 12.1 Å². The molecule has 1 aromatic rings. The molecule has 2 atom stereocenters. The maximum absolute atomic E-state index is 5.65. The average molecular weight is 296 g/mol. The first-order chi connectivity index (χ1) is 8.34. The van der Waals surface area contributed by atoms with Gasteiger partial charge in [-0.2, -0.15) is 0 Å². The number of rotatable bonds is 3. The maximum atomic E-state index is 5.65. The Morgan fingerprint density at radius 2 is 2.29 bits per heavy atom. The predicted octanol–water partition coefficient (Wildman–Crippen LogP) is 3.21. The van der Waals surface area contributed by atoms with Crippen LogP contribution in [0.15, 0.2) is 22.7 Å². The van der Waals surface area contributed by atoms with Gasteiger partial charge >= 0.3 is 0 Å². The Balaban J connectivity index is 1.65. The standard InChI is InChI=1S/C14H18BrNO/c15-13-5-1-4-12-11(13)6-7-14(12)16-9-10-3-2-8-17-10/h1,4-5,10,14,16H,2-3,6-9H2. The van der Waals surface area contributed by atoms with Crippen molar-refractivity contribution in [2.75, 3.05) is 13.2 Å². The average Bonchev–Trinajstić information content (AvgIpc) is 2.95. The SMILES string of the molecule is Brc1cccc2c1CCC2NCC1CCCO1. The van der Waals surface area contributed by atoms with Gasteiger partial charge in [0.15, 0.2) is 0 Å². The molecule has 3 heteroatoms. The Morgan fingerprint density at radius 3 is 3.12 bits per heavy atom. The molecular weight excluding hydrogens is 278 g/mol. The number of nitrogens with one attached hydrogen (secondary N) is 1. The van der Waals surface area contributed by atoms with Crippen LogP contribution in [0.25, 0.3) is 0 Å². The summed E-state index contributed by atoms with van der Waals surface area (Å²) in [5, 5.41) is 3.66. The highest BCUT2D eigenvalue weighted by atomic mass is 79.9. The number of hydrogen-bond donors (Lipinski definition) is 1. The summed E-state index contributed by atoms with van der Waals surface area (Å²) in [5.74, 6) is 0. The lowest BCUT2D eigenvalue weighted by Gasteiger charge is -2.17. The van der Waals surface area contributed by atoms with E-state index in [-0.39, 0.29) is 0 Å². The molecule has 92 valence electrons. The summed E-state index contributed by atoms with van der Waals surface area (Å²) in [6, 6.07) is 7.04. The number of hydrogen-bond acceptors (Lipinski definition) is 2. The fraction of sp³-hybridized carbons (Fsp3) is 0.571. The molecule has 17 heavy (non-hydrogen) atoms. The van der Waals surface area contributed by atoms with Crippen LogP contribution in [0, 0.1) is 0 Å². The number of halogens is 1. The third-order valence-electron chi connectivity index (χ3n) is 3.83. The van der Waals surface area contributed by atoms with E-state index in [0.717, 1.165) is 13.2 Å². The Bertz CT molecular complexity index is 401. The topological polar surface area (TPSA) is 21.3 Å². The summed E-state index contributed by atoms with van der Waals surface area (Å²) >= 11 is 3.64. The summed E-state index contributed by atoms with van der Waals surface area (Å²) in [6.07, 6.45) is 5.26. The van der Waals surface area contributed by atoms with Crippen LogP contribution in [0.1, 0.15) is 36.4 Å². The molecule has 1 N–H and O–H groups in total. The fourth-order valence-corrected chi connectivity index (χ4v) is 3.48. The molecule has 3 rings (SSSR count). The highest BCUT2D eigenvalue weighted by Gasteiger charge is 2.25. The summed E-state index contributed by atoms with van der Waals surface area (Å²) in [6.45, 7) is 1.94. The zero-order valence-corrected chi connectivity index (χ0v) is 11.5. The normalized spacial score (nSPS) is 27.4. The lowest BCUT2D eigenvalue weighted by molar-refractivity contribution is 0.107. The van der Waals surface area contributed by atoms with Crippen molar-refractivity contribution in [3.05, 3.63) is 33.8 Å². The van der Waals surface area contributed by atoms with Crippen molar-refractivity contribution in [1.82, 2.24) is 5.32 Å². The van der Waals surface area contributed by atoms with Gasteiger partial charge in [0.25, 0.3) is 0 Å². The van der Waals surface area contributed by atoms with Crippen LogP contribution in [0.3, 0.4) is 0 Å². The molecule has 1 aromatic carbocycles. The van der Waals surface area contributed by atoms with Crippen molar-refractivity contribution < 1.29 is 4.74 Å². The second-order valence-electron chi connectivity index (χ2n) is 4.94. The molecule has 1 saturated heterocycles. The second kappa shape index (κ2) is 5.09. The van der Waals surface area contributed by atoms with Crippen molar-refractivity contribution in [3.8, 4) is 0 Å². The molecule has 0 radical (unpaired) electrons. The summed E-state index contributed by atoms with van der Waals surface area (Å²) < 4.78 is 6.91. The first kappa shape index (κ1) is 11.7. The van der Waals surface area contributed by atoms with E-state index < -0.39 is 0 Å². The van der Waals surface area contributed by atoms with Crippen molar-refractivity contribution in [3.63, 3.8) is 0 Å². The minimum atomic E-state index is 0.436. The van der Waals surface area contributed by atoms with Gasteiger partial charge in [-0.25, -0.2) is 0 Å². The number of ether oxygens (including phenoxy) is 1. The van der Waals surface area contributed by atoms with E-state index >= 15 is 0 Å². The van der Waals surface area contributed by atoms with Crippen LogP contribution < -0.4 is 5.32 Å². The molecule has 0 saturated carbocycles. The van der Waals surface area contributed by atoms with Crippen molar-refractivity contribution in [1.29, 1.82) is 0 Å². The first-order valence-electron chi connectivity index (χ1n) is 6.47. The van der Waals surface area contributed by atoms with Gasteiger partial charge in [0.05, 0.1) is 6.10 Å². The minimum Gasteiger partial charge on any atom is -0.377 e. The van der Waals surface area contributed by atoms with E-state index in [4.69, 9.17) is 4.74 Å². The molecule has 1 fully saturated rings. The summed E-state index contributed by atoms with van der Waals surface area (Å²) in [5.41, 5.74) is 2.95. The Hall–Kier alpha value is -0.380. The van der Waals surface area contributed by atoms with E-state index in [1.54, 1.807) is 0 Å². The Kier molecular flexibility index (Phi) is 3.50. The van der Waals surface area contributed by atoms with Gasteiger partial charge < -0.3 is 10.1 Å². The van der Waals surface area contributed by atoms with E-state index in [1.807, 2.05) is 0 Å². The molecule has 2 aliphatic rings. The minimum absolute atomic E-state index is 0.436. The number of fused-ring (bicyclic) bond motifs is 1. The third kappa shape index (κ3) is 2.42. The van der Waals surface area contributed by atoms with Gasteiger partial charge in [-0.1, -0.05) is 28.1 Å². The Morgan fingerprint density at radius 1 is 1.35 bits per heavy atom. The van der Waals surface area contributed by atoms with Crippen LogP contribution in [-0.2, 0) is 11.2 Å². The van der Waals surface area contributed by atoms with Gasteiger partial charge in [-0.3, -0.25) is 0 Å². The van der Waals surface area contributed by atoms with Gasteiger partial charge in [0.1, 0.15) is 0 Å². The van der Waals surface area contributed by atoms with Crippen LogP contribution in [0.4, 0.5) is 0 Å². The summed E-state index contributed by atoms with van der Waals surface area (Å²) in [4.78, 5) is 0. The monoisotopic (exact) mass is 295 g/mol. The first-order valence-corrected chi connectivity index (χ1v) is 7.26. The fourth-order valence-electron chi connectivity index (χ4n) is 2.90. The van der Waals surface area contributed by atoms with Crippen molar-refractivity contribution in [2.24, 2.45) is 0 Å². The van der Waals surface area contributed by atoms with E-state index in [9.17, 15) is 0 Å². The zero-order valence-electron chi connectivity index (χ0n) is 9.92. The molecule has 1 heterocycles. The lowest BCUT2D eigenvalue weighted by atomic mass is 10.1. The van der Waals surface area contributed by atoms with Crippen LogP contribution in [0.5, 0.6) is 0 Å².